The van der Waals surface area contributed by atoms with E-state index in [2.05, 4.69) is 20.4 Å². The predicted molar refractivity (Wildman–Crippen MR) is 72.5 cm³/mol. The highest BCUT2D eigenvalue weighted by Gasteiger charge is 2.30. The zero-order valence-corrected chi connectivity index (χ0v) is 11.2. The number of pyridine rings is 1. The molecule has 0 aromatic carbocycles. The number of aromatic nitrogens is 4. The summed E-state index contributed by atoms with van der Waals surface area (Å²) in [4.78, 5) is 18.9. The number of carboxylic acid groups (broad SMARTS) is 1. The minimum absolute atomic E-state index is 0.0620. The van der Waals surface area contributed by atoms with Crippen LogP contribution in [-0.2, 0) is 6.18 Å². The van der Waals surface area contributed by atoms with Crippen LogP contribution < -0.4 is 5.32 Å². The Hall–Kier alpha value is -3.17. The first-order valence-electron chi connectivity index (χ1n) is 6.22. The Morgan fingerprint density at radius 3 is 2.74 bits per heavy atom. The van der Waals surface area contributed by atoms with Crippen molar-refractivity contribution >= 4 is 23.3 Å². The molecule has 2 N–H and O–H groups in total. The third kappa shape index (κ3) is 2.91. The minimum Gasteiger partial charge on any atom is -0.477 e. The molecule has 0 aliphatic rings. The van der Waals surface area contributed by atoms with Crippen LogP contribution in [0.4, 0.5) is 24.8 Å². The lowest BCUT2D eigenvalue weighted by Crippen LogP contribution is -2.07. The molecule has 3 aromatic heterocycles. The molecule has 10 heteroatoms. The fourth-order valence-electron chi connectivity index (χ4n) is 1.90. The third-order valence-electron chi connectivity index (χ3n) is 2.94. The summed E-state index contributed by atoms with van der Waals surface area (Å²) in [5.74, 6) is -1.12. The van der Waals surface area contributed by atoms with Gasteiger partial charge in [-0.05, 0) is 18.2 Å². The molecule has 0 atom stereocenters. The van der Waals surface area contributed by atoms with E-state index in [4.69, 9.17) is 5.11 Å². The summed E-state index contributed by atoms with van der Waals surface area (Å²) in [5, 5.41) is 15.5. The standard InChI is InChI=1S/C13H8F3N5O2/c14-13(15,16)7-1-3-17-10(5-7)19-9-2-4-21-11(20-9)8(6-18-21)12(22)23/h1-6H,(H,22,23)(H,17,19,20). The van der Waals surface area contributed by atoms with Crippen LogP contribution in [-0.4, -0.2) is 30.7 Å². The van der Waals surface area contributed by atoms with E-state index in [1.807, 2.05) is 0 Å². The molecule has 0 saturated heterocycles. The SMILES string of the molecule is O=C(O)c1cnn2ccc(Nc3cc(C(F)(F)F)ccn3)nc12. The van der Waals surface area contributed by atoms with Crippen LogP contribution in [0.3, 0.4) is 0 Å². The van der Waals surface area contributed by atoms with Gasteiger partial charge in [0.05, 0.1) is 11.8 Å². The lowest BCUT2D eigenvalue weighted by atomic mass is 10.2. The van der Waals surface area contributed by atoms with Crippen molar-refractivity contribution in [2.45, 2.75) is 6.18 Å². The first kappa shape index (κ1) is 14.8. The van der Waals surface area contributed by atoms with Gasteiger partial charge in [0, 0.05) is 12.4 Å². The van der Waals surface area contributed by atoms with E-state index in [0.717, 1.165) is 24.5 Å². The predicted octanol–water partition coefficient (Wildman–Crippen LogP) is 2.58. The summed E-state index contributed by atoms with van der Waals surface area (Å²) in [6.45, 7) is 0. The van der Waals surface area contributed by atoms with E-state index < -0.39 is 17.7 Å². The van der Waals surface area contributed by atoms with Gasteiger partial charge in [-0.3, -0.25) is 0 Å². The molecule has 0 saturated carbocycles. The molecule has 0 aliphatic heterocycles. The van der Waals surface area contributed by atoms with Gasteiger partial charge < -0.3 is 10.4 Å². The second-order valence-corrected chi connectivity index (χ2v) is 4.50. The van der Waals surface area contributed by atoms with Crippen molar-refractivity contribution in [1.29, 1.82) is 0 Å². The van der Waals surface area contributed by atoms with Crippen LogP contribution in [0.25, 0.3) is 5.65 Å². The molecule has 0 aliphatic carbocycles. The van der Waals surface area contributed by atoms with Crippen molar-refractivity contribution in [3.8, 4) is 0 Å². The normalized spacial score (nSPS) is 11.6. The Morgan fingerprint density at radius 2 is 2.04 bits per heavy atom. The highest BCUT2D eigenvalue weighted by Crippen LogP contribution is 2.30. The van der Waals surface area contributed by atoms with Crippen molar-refractivity contribution in [3.05, 3.63) is 47.9 Å². The minimum atomic E-state index is -4.49. The van der Waals surface area contributed by atoms with E-state index in [-0.39, 0.29) is 22.8 Å². The number of carboxylic acids is 1. The number of nitrogens with zero attached hydrogens (tertiary/aromatic N) is 4. The number of rotatable bonds is 3. The average molecular weight is 323 g/mol. The average Bonchev–Trinajstić information content (AvgIpc) is 2.90. The van der Waals surface area contributed by atoms with Crippen LogP contribution in [0.5, 0.6) is 0 Å². The number of halogens is 3. The number of nitrogens with one attached hydrogen (secondary N) is 1. The molecular formula is C13H8F3N5O2. The van der Waals surface area contributed by atoms with Crippen LogP contribution in [0.2, 0.25) is 0 Å². The van der Waals surface area contributed by atoms with Gasteiger partial charge in [0.1, 0.15) is 17.2 Å². The molecule has 0 fully saturated rings. The summed E-state index contributed by atoms with van der Waals surface area (Å²) < 4.78 is 39.2. The topological polar surface area (TPSA) is 92.4 Å². The monoisotopic (exact) mass is 323 g/mol. The van der Waals surface area contributed by atoms with Crippen molar-refractivity contribution in [1.82, 2.24) is 19.6 Å². The fourth-order valence-corrected chi connectivity index (χ4v) is 1.90. The summed E-state index contributed by atoms with van der Waals surface area (Å²) in [7, 11) is 0. The highest BCUT2D eigenvalue weighted by molar-refractivity contribution is 5.94. The quantitative estimate of drug-likeness (QED) is 0.769. The number of carbonyl (C=O) groups is 1. The largest absolute Gasteiger partial charge is 0.477 e. The molecule has 118 valence electrons. The van der Waals surface area contributed by atoms with Crippen molar-refractivity contribution in [2.24, 2.45) is 0 Å². The Balaban J connectivity index is 1.95. The van der Waals surface area contributed by atoms with E-state index >= 15 is 0 Å². The molecule has 3 aromatic rings. The Bertz CT molecular complexity index is 891. The van der Waals surface area contributed by atoms with Gasteiger partial charge >= 0.3 is 12.1 Å². The lowest BCUT2D eigenvalue weighted by Gasteiger charge is -2.09. The molecule has 0 spiro atoms. The van der Waals surface area contributed by atoms with E-state index in [0.29, 0.717) is 0 Å². The maximum absolute atomic E-state index is 12.7. The summed E-state index contributed by atoms with van der Waals surface area (Å²) in [5.41, 5.74) is -0.910. The third-order valence-corrected chi connectivity index (χ3v) is 2.94. The molecular weight excluding hydrogens is 315 g/mol. The van der Waals surface area contributed by atoms with Crippen LogP contribution in [0, 0.1) is 0 Å². The van der Waals surface area contributed by atoms with E-state index in [1.54, 1.807) is 0 Å². The number of fused-ring (bicyclic) bond motifs is 1. The molecule has 0 unspecified atom stereocenters. The summed E-state index contributed by atoms with van der Waals surface area (Å²) >= 11 is 0. The zero-order valence-electron chi connectivity index (χ0n) is 11.2. The Morgan fingerprint density at radius 1 is 1.26 bits per heavy atom. The number of hydrogen-bond acceptors (Lipinski definition) is 5. The van der Waals surface area contributed by atoms with Gasteiger partial charge in [-0.2, -0.15) is 18.3 Å². The van der Waals surface area contributed by atoms with Gasteiger partial charge in [0.15, 0.2) is 5.65 Å². The number of aromatic carboxylic acids is 1. The number of alkyl halides is 3. The fraction of sp³-hybridized carbons (Fsp3) is 0.0769. The first-order valence-corrected chi connectivity index (χ1v) is 6.22. The van der Waals surface area contributed by atoms with Gasteiger partial charge in [-0.1, -0.05) is 0 Å². The summed E-state index contributed by atoms with van der Waals surface area (Å²) in [6, 6.07) is 3.12. The number of hydrogen-bond donors (Lipinski definition) is 2. The second-order valence-electron chi connectivity index (χ2n) is 4.50. The molecule has 7 nitrogen and oxygen atoms in total. The molecule has 3 rings (SSSR count). The van der Waals surface area contributed by atoms with Crippen LogP contribution >= 0.6 is 0 Å². The Kier molecular flexibility index (Phi) is 3.36. The molecule has 0 bridgehead atoms. The van der Waals surface area contributed by atoms with E-state index in [1.165, 1.54) is 16.8 Å². The van der Waals surface area contributed by atoms with E-state index in [9.17, 15) is 18.0 Å². The maximum Gasteiger partial charge on any atom is 0.416 e. The van der Waals surface area contributed by atoms with Gasteiger partial charge in [-0.15, -0.1) is 0 Å². The second kappa shape index (κ2) is 5.23. The Labute approximate surface area is 126 Å². The maximum atomic E-state index is 12.7. The van der Waals surface area contributed by atoms with Crippen LogP contribution in [0.1, 0.15) is 15.9 Å². The zero-order chi connectivity index (χ0) is 16.6. The van der Waals surface area contributed by atoms with Crippen molar-refractivity contribution in [2.75, 3.05) is 5.32 Å². The highest BCUT2D eigenvalue weighted by atomic mass is 19.4. The first-order chi connectivity index (χ1) is 10.8. The van der Waals surface area contributed by atoms with Gasteiger partial charge in [0.2, 0.25) is 0 Å². The molecule has 0 radical (unpaired) electrons. The summed E-state index contributed by atoms with van der Waals surface area (Å²) in [6.07, 6.45) is -0.897. The van der Waals surface area contributed by atoms with Gasteiger partial charge in [-0.25, -0.2) is 19.3 Å². The molecule has 3 heterocycles. The smallest absolute Gasteiger partial charge is 0.416 e. The van der Waals surface area contributed by atoms with Crippen molar-refractivity contribution < 1.29 is 23.1 Å². The molecule has 23 heavy (non-hydrogen) atoms. The molecule has 0 amide bonds. The van der Waals surface area contributed by atoms with Gasteiger partial charge in [0.25, 0.3) is 0 Å². The van der Waals surface area contributed by atoms with Crippen LogP contribution in [0.15, 0.2) is 36.8 Å². The lowest BCUT2D eigenvalue weighted by molar-refractivity contribution is -0.137. The number of anilines is 2. The van der Waals surface area contributed by atoms with Crippen molar-refractivity contribution in [3.63, 3.8) is 0 Å².